The molecule has 4 heteroatoms. The topological polar surface area (TPSA) is 55.1 Å². The smallest absolute Gasteiger partial charge is 0.353 e. The fraction of sp³-hybridized carbons (Fsp3) is 0.0909. The number of rotatable bonds is 2. The van der Waals surface area contributed by atoms with E-state index in [0.29, 0.717) is 11.2 Å². The number of aromatic carboxylic acids is 1. The predicted octanol–water partition coefficient (Wildman–Crippen LogP) is 1.91. The van der Waals surface area contributed by atoms with Gasteiger partial charge in [0.1, 0.15) is 11.3 Å². The van der Waals surface area contributed by atoms with Gasteiger partial charge in [-0.25, -0.2) is 9.78 Å². The van der Waals surface area contributed by atoms with E-state index in [2.05, 4.69) is 11.6 Å². The number of pyridine rings is 1. The first-order valence-corrected chi connectivity index (χ1v) is 4.46. The van der Waals surface area contributed by atoms with Crippen LogP contribution >= 0.6 is 0 Å². The van der Waals surface area contributed by atoms with Gasteiger partial charge in [-0.2, -0.15) is 0 Å². The van der Waals surface area contributed by atoms with E-state index in [1.165, 1.54) is 0 Å². The van der Waals surface area contributed by atoms with Gasteiger partial charge in [0.05, 0.1) is 0 Å². The molecule has 2 heterocycles. The van der Waals surface area contributed by atoms with Crippen LogP contribution in [0.4, 0.5) is 0 Å². The van der Waals surface area contributed by atoms with E-state index in [4.69, 9.17) is 5.11 Å². The molecular formula is C11H10N2O2. The Labute approximate surface area is 86.5 Å². The lowest BCUT2D eigenvalue weighted by Crippen LogP contribution is -2.05. The number of carboxylic acids is 1. The van der Waals surface area contributed by atoms with E-state index in [9.17, 15) is 4.79 Å². The molecule has 0 atom stereocenters. The van der Waals surface area contributed by atoms with Gasteiger partial charge in [0, 0.05) is 24.2 Å². The minimum Gasteiger partial charge on any atom is -0.477 e. The van der Waals surface area contributed by atoms with E-state index in [0.717, 1.165) is 5.39 Å². The Hall–Kier alpha value is -2.10. The molecule has 0 aromatic carbocycles. The van der Waals surface area contributed by atoms with Gasteiger partial charge in [0.2, 0.25) is 0 Å². The van der Waals surface area contributed by atoms with Gasteiger partial charge in [0.15, 0.2) is 0 Å². The molecule has 0 aliphatic carbocycles. The van der Waals surface area contributed by atoms with Crippen LogP contribution in [0.15, 0.2) is 24.9 Å². The van der Waals surface area contributed by atoms with Crippen molar-refractivity contribution in [3.63, 3.8) is 0 Å². The summed E-state index contributed by atoms with van der Waals surface area (Å²) in [6.45, 7) is 3.63. The molecule has 2 rings (SSSR count). The largest absolute Gasteiger partial charge is 0.477 e. The summed E-state index contributed by atoms with van der Waals surface area (Å²) in [6.07, 6.45) is 3.19. The van der Waals surface area contributed by atoms with Gasteiger partial charge in [-0.15, -0.1) is 0 Å². The zero-order chi connectivity index (χ0) is 11.0. The quantitative estimate of drug-likeness (QED) is 0.809. The van der Waals surface area contributed by atoms with Crippen LogP contribution in [0.5, 0.6) is 0 Å². The fourth-order valence-electron chi connectivity index (χ4n) is 1.75. The van der Waals surface area contributed by atoms with Crippen LogP contribution < -0.4 is 0 Å². The number of carbonyl (C=O) groups is 1. The fourth-order valence-corrected chi connectivity index (χ4v) is 1.75. The van der Waals surface area contributed by atoms with Crippen LogP contribution in [0.25, 0.3) is 17.1 Å². The Kier molecular flexibility index (Phi) is 2.04. The molecule has 0 unspecified atom stereocenters. The van der Waals surface area contributed by atoms with Crippen LogP contribution in [-0.4, -0.2) is 20.6 Å². The molecule has 2 aromatic heterocycles. The van der Waals surface area contributed by atoms with Crippen molar-refractivity contribution in [2.45, 2.75) is 0 Å². The van der Waals surface area contributed by atoms with E-state index >= 15 is 0 Å². The van der Waals surface area contributed by atoms with Gasteiger partial charge < -0.3 is 9.67 Å². The lowest BCUT2D eigenvalue weighted by Gasteiger charge is -1.98. The molecular weight excluding hydrogens is 192 g/mol. The zero-order valence-corrected chi connectivity index (χ0v) is 8.27. The van der Waals surface area contributed by atoms with Crippen LogP contribution in [0.2, 0.25) is 0 Å². The Balaban J connectivity index is 2.96. The van der Waals surface area contributed by atoms with Crippen LogP contribution in [0, 0.1) is 0 Å². The number of carboxylic acid groups (broad SMARTS) is 1. The summed E-state index contributed by atoms with van der Waals surface area (Å²) in [7, 11) is 1.69. The number of nitrogens with zero attached hydrogens (tertiary/aromatic N) is 2. The van der Waals surface area contributed by atoms with Crippen LogP contribution in [-0.2, 0) is 7.05 Å². The van der Waals surface area contributed by atoms with E-state index < -0.39 is 5.97 Å². The maximum absolute atomic E-state index is 11.1. The van der Waals surface area contributed by atoms with Crippen molar-refractivity contribution in [3.05, 3.63) is 36.2 Å². The van der Waals surface area contributed by atoms with E-state index in [1.807, 2.05) is 6.07 Å². The van der Waals surface area contributed by atoms with Crippen molar-refractivity contribution in [2.75, 3.05) is 0 Å². The minimum absolute atomic E-state index is 0.221. The molecule has 2 aromatic rings. The highest BCUT2D eigenvalue weighted by Gasteiger charge is 2.18. The first-order chi connectivity index (χ1) is 7.16. The molecule has 0 aliphatic rings. The standard InChI is InChI=1S/C11H10N2O2/c1-3-7-8-5-4-6-12-10(8)13(2)9(7)11(14)15/h3-6H,1H2,2H3,(H,14,15). The van der Waals surface area contributed by atoms with Gasteiger partial charge in [-0.3, -0.25) is 0 Å². The first-order valence-electron chi connectivity index (χ1n) is 4.46. The molecule has 0 fully saturated rings. The average molecular weight is 202 g/mol. The Bertz CT molecular complexity index is 555. The summed E-state index contributed by atoms with van der Waals surface area (Å²) in [5.41, 5.74) is 1.50. The normalized spacial score (nSPS) is 10.5. The molecule has 0 aliphatic heterocycles. The van der Waals surface area contributed by atoms with Crippen molar-refractivity contribution < 1.29 is 9.90 Å². The number of aromatic nitrogens is 2. The second-order valence-corrected chi connectivity index (χ2v) is 3.21. The molecule has 76 valence electrons. The molecule has 4 nitrogen and oxygen atoms in total. The molecule has 0 saturated carbocycles. The summed E-state index contributed by atoms with van der Waals surface area (Å²) in [6, 6.07) is 3.62. The van der Waals surface area contributed by atoms with Gasteiger partial charge in [0.25, 0.3) is 0 Å². The van der Waals surface area contributed by atoms with Crippen molar-refractivity contribution in [1.82, 2.24) is 9.55 Å². The van der Waals surface area contributed by atoms with Crippen molar-refractivity contribution >= 4 is 23.1 Å². The summed E-state index contributed by atoms with van der Waals surface area (Å²) in [5.74, 6) is -0.967. The number of fused-ring (bicyclic) bond motifs is 1. The summed E-state index contributed by atoms with van der Waals surface area (Å²) in [4.78, 5) is 15.2. The highest BCUT2D eigenvalue weighted by molar-refractivity contribution is 6.01. The molecule has 0 spiro atoms. The van der Waals surface area contributed by atoms with Crippen molar-refractivity contribution in [1.29, 1.82) is 0 Å². The lowest BCUT2D eigenvalue weighted by molar-refractivity contribution is 0.0687. The maximum Gasteiger partial charge on any atom is 0.353 e. The molecule has 1 N–H and O–H groups in total. The Morgan fingerprint density at radius 2 is 2.40 bits per heavy atom. The number of hydrogen-bond donors (Lipinski definition) is 1. The van der Waals surface area contributed by atoms with Gasteiger partial charge >= 0.3 is 5.97 Å². The summed E-state index contributed by atoms with van der Waals surface area (Å²) < 4.78 is 1.56. The predicted molar refractivity (Wildman–Crippen MR) is 57.8 cm³/mol. The third-order valence-corrected chi connectivity index (χ3v) is 2.39. The zero-order valence-electron chi connectivity index (χ0n) is 8.27. The minimum atomic E-state index is -0.967. The maximum atomic E-state index is 11.1. The third kappa shape index (κ3) is 1.22. The number of hydrogen-bond acceptors (Lipinski definition) is 2. The molecule has 0 saturated heterocycles. The Morgan fingerprint density at radius 1 is 1.67 bits per heavy atom. The van der Waals surface area contributed by atoms with Crippen molar-refractivity contribution in [2.24, 2.45) is 7.05 Å². The average Bonchev–Trinajstić information content (AvgIpc) is 2.52. The molecule has 0 amide bonds. The van der Waals surface area contributed by atoms with Gasteiger partial charge in [-0.1, -0.05) is 12.7 Å². The third-order valence-electron chi connectivity index (χ3n) is 2.39. The SMILES string of the molecule is C=Cc1c(C(=O)O)n(C)c2ncccc12. The van der Waals surface area contributed by atoms with E-state index in [1.54, 1.807) is 30.0 Å². The molecule has 15 heavy (non-hydrogen) atoms. The second-order valence-electron chi connectivity index (χ2n) is 3.21. The van der Waals surface area contributed by atoms with Crippen molar-refractivity contribution in [3.8, 4) is 0 Å². The summed E-state index contributed by atoms with van der Waals surface area (Å²) in [5, 5.41) is 9.89. The number of aryl methyl sites for hydroxylation is 1. The monoisotopic (exact) mass is 202 g/mol. The Morgan fingerprint density at radius 3 is 3.00 bits per heavy atom. The molecule has 0 radical (unpaired) electrons. The molecule has 0 bridgehead atoms. The summed E-state index contributed by atoms with van der Waals surface area (Å²) >= 11 is 0. The van der Waals surface area contributed by atoms with E-state index in [-0.39, 0.29) is 5.69 Å². The first kappa shape index (κ1) is 9.45. The highest BCUT2D eigenvalue weighted by atomic mass is 16.4. The lowest BCUT2D eigenvalue weighted by atomic mass is 10.1. The van der Waals surface area contributed by atoms with Crippen LogP contribution in [0.3, 0.4) is 0 Å². The highest BCUT2D eigenvalue weighted by Crippen LogP contribution is 2.24. The second kappa shape index (κ2) is 3.24. The van der Waals surface area contributed by atoms with Gasteiger partial charge in [-0.05, 0) is 12.1 Å². The van der Waals surface area contributed by atoms with Crippen LogP contribution in [0.1, 0.15) is 16.1 Å².